The van der Waals surface area contributed by atoms with Crippen LogP contribution in [-0.4, -0.2) is 19.9 Å². The Morgan fingerprint density at radius 2 is 2.50 bits per heavy atom. The molecule has 1 heterocycles. The molecule has 3 heteroatoms. The maximum atomic E-state index is 10.6. The van der Waals surface area contributed by atoms with E-state index >= 15 is 0 Å². The summed E-state index contributed by atoms with van der Waals surface area (Å²) in [6.45, 7) is 1.82. The minimum absolute atomic E-state index is 0.304. The van der Waals surface area contributed by atoms with Crippen LogP contribution in [-0.2, 0) is 9.80 Å². The van der Waals surface area contributed by atoms with Crippen molar-refractivity contribution < 1.29 is 8.76 Å². The Balaban J connectivity index is 3.03. The van der Waals surface area contributed by atoms with E-state index in [4.69, 9.17) is 4.55 Å². The van der Waals surface area contributed by atoms with E-state index in [0.717, 1.165) is 5.57 Å². The molecule has 0 spiro atoms. The van der Waals surface area contributed by atoms with Crippen LogP contribution in [0.1, 0.15) is 6.92 Å². The molecule has 0 aromatic carbocycles. The van der Waals surface area contributed by atoms with Crippen LogP contribution in [0.25, 0.3) is 0 Å². The van der Waals surface area contributed by atoms with Gasteiger partial charge in [0, 0.05) is 5.37 Å². The molecule has 2 nitrogen and oxygen atoms in total. The maximum absolute atomic E-state index is 10.6. The van der Waals surface area contributed by atoms with Crippen LogP contribution in [0.3, 0.4) is 0 Å². The highest BCUT2D eigenvalue weighted by Gasteiger charge is 2.05. The highest BCUT2D eigenvalue weighted by molar-refractivity contribution is 7.96. The van der Waals surface area contributed by atoms with Crippen LogP contribution in [0.2, 0.25) is 0 Å². The predicted octanol–water partition coefficient (Wildman–Crippen LogP) is 0.506. The second-order valence-electron chi connectivity index (χ2n) is 1.92. The highest BCUT2D eigenvalue weighted by atomic mass is 32.2. The summed E-state index contributed by atoms with van der Waals surface area (Å²) in [5, 5.41) is 1.41. The second kappa shape index (κ2) is 1.60. The number of rotatable bonds is 0. The first-order valence-electron chi connectivity index (χ1n) is 2.36. The molecule has 0 aliphatic carbocycles. The zero-order valence-electron chi connectivity index (χ0n) is 4.63. The molecule has 0 saturated heterocycles. The summed E-state index contributed by atoms with van der Waals surface area (Å²) in [6.07, 6.45) is 1.77. The van der Waals surface area contributed by atoms with Gasteiger partial charge in [-0.1, -0.05) is 6.08 Å². The quantitative estimate of drug-likeness (QED) is 0.487. The fourth-order valence-corrected chi connectivity index (χ4v) is 1.91. The minimum Gasteiger partial charge on any atom is -0.313 e. The third kappa shape index (κ3) is 1.11. The normalized spacial score (nSPS) is 36.5. The minimum atomic E-state index is -2.56. The molecular formula is C5H8O2S. The van der Waals surface area contributed by atoms with Gasteiger partial charge < -0.3 is 4.55 Å². The Kier molecular flexibility index (Phi) is 1.17. The summed E-state index contributed by atoms with van der Waals surface area (Å²) in [6, 6.07) is 0. The molecule has 1 rings (SSSR count). The summed E-state index contributed by atoms with van der Waals surface area (Å²) >= 11 is 0. The zero-order valence-corrected chi connectivity index (χ0v) is 5.44. The first kappa shape index (κ1) is 5.85. The van der Waals surface area contributed by atoms with Gasteiger partial charge in [0.15, 0.2) is 0 Å². The zero-order chi connectivity index (χ0) is 6.20. The van der Waals surface area contributed by atoms with Crippen LogP contribution >= 0.6 is 0 Å². The Bertz CT molecular complexity index is 231. The maximum Gasteiger partial charge on any atom is 0.0854 e. The third-order valence-corrected chi connectivity index (χ3v) is 2.40. The van der Waals surface area contributed by atoms with Gasteiger partial charge in [-0.2, -0.15) is 0 Å². The van der Waals surface area contributed by atoms with Crippen LogP contribution in [0.15, 0.2) is 11.6 Å². The molecule has 0 saturated carbocycles. The number of hydrogen-bond acceptors (Lipinski definition) is 1. The lowest BCUT2D eigenvalue weighted by Gasteiger charge is -1.87. The van der Waals surface area contributed by atoms with Crippen molar-refractivity contribution in [3.8, 4) is 0 Å². The molecule has 1 unspecified atom stereocenters. The monoisotopic (exact) mass is 132 g/mol. The SMILES string of the molecule is CC1=CCS(=O)(O)=C1. The van der Waals surface area contributed by atoms with Gasteiger partial charge in [0.25, 0.3) is 0 Å². The molecule has 0 amide bonds. The van der Waals surface area contributed by atoms with E-state index in [1.807, 2.05) is 6.92 Å². The van der Waals surface area contributed by atoms with E-state index in [0.29, 0.717) is 5.75 Å². The molecule has 8 heavy (non-hydrogen) atoms. The Morgan fingerprint density at radius 1 is 1.88 bits per heavy atom. The summed E-state index contributed by atoms with van der Waals surface area (Å²) in [5.74, 6) is 0.304. The van der Waals surface area contributed by atoms with Gasteiger partial charge in [-0.3, -0.25) is 0 Å². The van der Waals surface area contributed by atoms with E-state index in [2.05, 4.69) is 0 Å². The molecule has 0 aromatic rings. The number of allylic oxidation sites excluding steroid dienone is 1. The highest BCUT2D eigenvalue weighted by Crippen LogP contribution is 2.01. The van der Waals surface area contributed by atoms with Gasteiger partial charge in [0.2, 0.25) is 0 Å². The van der Waals surface area contributed by atoms with E-state index in [1.165, 1.54) is 5.37 Å². The van der Waals surface area contributed by atoms with Crippen LogP contribution in [0, 0.1) is 0 Å². The third-order valence-electron chi connectivity index (χ3n) is 1.01. The second-order valence-corrected chi connectivity index (χ2v) is 3.87. The molecule has 1 atom stereocenters. The van der Waals surface area contributed by atoms with Crippen molar-refractivity contribution in [1.29, 1.82) is 0 Å². The average Bonchev–Trinajstić information content (AvgIpc) is 1.82. The van der Waals surface area contributed by atoms with Crippen LogP contribution < -0.4 is 0 Å². The fourth-order valence-electron chi connectivity index (χ4n) is 0.638. The molecule has 1 aliphatic rings. The topological polar surface area (TPSA) is 37.3 Å². The van der Waals surface area contributed by atoms with Gasteiger partial charge in [-0.25, -0.2) is 4.21 Å². The lowest BCUT2D eigenvalue weighted by atomic mass is 10.3. The average molecular weight is 132 g/mol. The van der Waals surface area contributed by atoms with E-state index in [9.17, 15) is 4.21 Å². The van der Waals surface area contributed by atoms with Gasteiger partial charge in [0.05, 0.1) is 15.6 Å². The molecule has 0 fully saturated rings. The standard InChI is InChI=1S/C5H8O2S/c1-5-2-3-8(6,7)4-5/h2,4H,3H2,1H3,(H,6,7). The van der Waals surface area contributed by atoms with Gasteiger partial charge >= 0.3 is 0 Å². The lowest BCUT2D eigenvalue weighted by Crippen LogP contribution is -1.98. The summed E-state index contributed by atoms with van der Waals surface area (Å²) in [5.41, 5.74) is 0.914. The van der Waals surface area contributed by atoms with Crippen molar-refractivity contribution in [3.63, 3.8) is 0 Å². The van der Waals surface area contributed by atoms with Gasteiger partial charge in [-0.05, 0) is 12.5 Å². The van der Waals surface area contributed by atoms with E-state index in [1.54, 1.807) is 6.08 Å². The molecule has 1 aliphatic heterocycles. The lowest BCUT2D eigenvalue weighted by molar-refractivity contribution is 0.564. The molecule has 46 valence electrons. The Labute approximate surface area is 49.1 Å². The predicted molar refractivity (Wildman–Crippen MR) is 35.5 cm³/mol. The molecule has 0 bridgehead atoms. The van der Waals surface area contributed by atoms with E-state index in [-0.39, 0.29) is 0 Å². The molecule has 1 N–H and O–H groups in total. The first-order valence-corrected chi connectivity index (χ1v) is 4.11. The Morgan fingerprint density at radius 3 is 2.62 bits per heavy atom. The van der Waals surface area contributed by atoms with Crippen LogP contribution in [0.5, 0.6) is 0 Å². The van der Waals surface area contributed by atoms with Crippen molar-refractivity contribution >= 4 is 15.2 Å². The van der Waals surface area contributed by atoms with Crippen LogP contribution in [0.4, 0.5) is 0 Å². The van der Waals surface area contributed by atoms with Crippen molar-refractivity contribution in [2.75, 3.05) is 5.75 Å². The summed E-state index contributed by atoms with van der Waals surface area (Å²) in [7, 11) is -2.56. The van der Waals surface area contributed by atoms with Crippen molar-refractivity contribution in [2.45, 2.75) is 6.92 Å². The largest absolute Gasteiger partial charge is 0.313 e. The fraction of sp³-hybridized carbons (Fsp3) is 0.400. The summed E-state index contributed by atoms with van der Waals surface area (Å²) < 4.78 is 19.4. The van der Waals surface area contributed by atoms with Gasteiger partial charge in [0.1, 0.15) is 0 Å². The molecular weight excluding hydrogens is 124 g/mol. The van der Waals surface area contributed by atoms with Crippen molar-refractivity contribution in [3.05, 3.63) is 11.6 Å². The smallest absolute Gasteiger partial charge is 0.0854 e. The first-order chi connectivity index (χ1) is 3.60. The van der Waals surface area contributed by atoms with Gasteiger partial charge in [-0.15, -0.1) is 0 Å². The Hall–Kier alpha value is -0.280. The number of hydrogen-bond donors (Lipinski definition) is 1. The molecule has 0 aromatic heterocycles. The van der Waals surface area contributed by atoms with E-state index < -0.39 is 9.80 Å². The van der Waals surface area contributed by atoms with Crippen molar-refractivity contribution in [2.24, 2.45) is 0 Å². The molecule has 0 radical (unpaired) electrons. The summed E-state index contributed by atoms with van der Waals surface area (Å²) in [4.78, 5) is 0. The van der Waals surface area contributed by atoms with Crippen molar-refractivity contribution in [1.82, 2.24) is 0 Å².